The van der Waals surface area contributed by atoms with E-state index in [2.05, 4.69) is 5.32 Å². The minimum absolute atomic E-state index is 0.0716. The van der Waals surface area contributed by atoms with Crippen molar-refractivity contribution in [1.82, 2.24) is 15.1 Å². The first-order valence-corrected chi connectivity index (χ1v) is 10.4. The molecule has 0 bridgehead atoms. The van der Waals surface area contributed by atoms with Crippen molar-refractivity contribution in [2.24, 2.45) is 0 Å². The average molecular weight is 420 g/mol. The Morgan fingerprint density at radius 3 is 2.20 bits per heavy atom. The zero-order valence-corrected chi connectivity index (χ0v) is 18.4. The molecule has 1 aliphatic heterocycles. The molecule has 166 valence electrons. The van der Waals surface area contributed by atoms with Crippen LogP contribution in [-0.2, 0) is 14.3 Å². The first kappa shape index (κ1) is 23.5. The van der Waals surface area contributed by atoms with Gasteiger partial charge in [0.05, 0.1) is 6.61 Å². The number of ether oxygens (including phenoxy) is 2. The lowest BCUT2D eigenvalue weighted by Gasteiger charge is -2.35. The molecule has 0 atom stereocenters. The number of hydrogen-bond donors (Lipinski definition) is 1. The molecule has 2 rings (SSSR count). The number of benzene rings is 1. The van der Waals surface area contributed by atoms with Gasteiger partial charge in [0.2, 0.25) is 11.8 Å². The summed E-state index contributed by atoms with van der Waals surface area (Å²) in [6, 6.07) is 7.80. The molecule has 1 N–H and O–H groups in total. The predicted octanol–water partition coefficient (Wildman–Crippen LogP) is 2.35. The van der Waals surface area contributed by atoms with E-state index in [4.69, 9.17) is 9.47 Å². The largest absolute Gasteiger partial charge is 0.493 e. The maximum absolute atomic E-state index is 12.4. The van der Waals surface area contributed by atoms with Crippen molar-refractivity contribution in [1.29, 1.82) is 0 Å². The standard InChI is InChI=1S/C22H33N3O5/c1-17-8-5-6-9-18(17)29-15-7-10-19(26)24-11-13-25(14-12-24)20(27)16-23-21(28)30-22(2,3)4/h5-6,8-9H,7,10-16H2,1-4H3,(H,23,28). The number of amides is 3. The maximum atomic E-state index is 12.4. The van der Waals surface area contributed by atoms with Gasteiger partial charge in [0.25, 0.3) is 0 Å². The van der Waals surface area contributed by atoms with Crippen LogP contribution in [0.15, 0.2) is 24.3 Å². The van der Waals surface area contributed by atoms with Gasteiger partial charge in [-0.15, -0.1) is 0 Å². The third-order valence-corrected chi connectivity index (χ3v) is 4.65. The van der Waals surface area contributed by atoms with Crippen LogP contribution in [0.4, 0.5) is 4.79 Å². The number of piperazine rings is 1. The predicted molar refractivity (Wildman–Crippen MR) is 113 cm³/mol. The van der Waals surface area contributed by atoms with Crippen molar-refractivity contribution >= 4 is 17.9 Å². The lowest BCUT2D eigenvalue weighted by Crippen LogP contribution is -2.52. The van der Waals surface area contributed by atoms with Gasteiger partial charge in [0.1, 0.15) is 17.9 Å². The minimum atomic E-state index is -0.613. The van der Waals surface area contributed by atoms with Gasteiger partial charge in [0.15, 0.2) is 0 Å². The third-order valence-electron chi connectivity index (χ3n) is 4.65. The van der Waals surface area contributed by atoms with Gasteiger partial charge >= 0.3 is 6.09 Å². The normalized spacial score (nSPS) is 14.3. The fraction of sp³-hybridized carbons (Fsp3) is 0.591. The summed E-state index contributed by atoms with van der Waals surface area (Å²) in [5.41, 5.74) is 0.468. The summed E-state index contributed by atoms with van der Waals surface area (Å²) < 4.78 is 10.9. The molecule has 0 radical (unpaired) electrons. The van der Waals surface area contributed by atoms with E-state index in [1.54, 1.807) is 30.6 Å². The van der Waals surface area contributed by atoms with Crippen LogP contribution in [0.25, 0.3) is 0 Å². The van der Waals surface area contributed by atoms with E-state index < -0.39 is 11.7 Å². The van der Waals surface area contributed by atoms with Gasteiger partial charge in [-0.05, 0) is 45.7 Å². The van der Waals surface area contributed by atoms with Crippen molar-refractivity contribution in [3.05, 3.63) is 29.8 Å². The van der Waals surface area contributed by atoms with Crippen LogP contribution in [0.5, 0.6) is 5.75 Å². The lowest BCUT2D eigenvalue weighted by molar-refractivity contribution is -0.139. The summed E-state index contributed by atoms with van der Waals surface area (Å²) in [4.78, 5) is 39.7. The van der Waals surface area contributed by atoms with Crippen molar-refractivity contribution in [2.45, 2.75) is 46.1 Å². The summed E-state index contributed by atoms with van der Waals surface area (Å²) in [6.07, 6.45) is 0.448. The van der Waals surface area contributed by atoms with Crippen LogP contribution in [-0.4, -0.2) is 72.6 Å². The van der Waals surface area contributed by atoms with Gasteiger partial charge < -0.3 is 24.6 Å². The minimum Gasteiger partial charge on any atom is -0.493 e. The highest BCUT2D eigenvalue weighted by molar-refractivity contribution is 5.83. The molecule has 0 spiro atoms. The molecule has 1 heterocycles. The fourth-order valence-electron chi connectivity index (χ4n) is 3.06. The van der Waals surface area contributed by atoms with Crippen LogP contribution in [0.3, 0.4) is 0 Å². The number of para-hydroxylation sites is 1. The Morgan fingerprint density at radius 2 is 1.60 bits per heavy atom. The number of rotatable bonds is 7. The Kier molecular flexibility index (Phi) is 8.50. The first-order chi connectivity index (χ1) is 14.2. The van der Waals surface area contributed by atoms with Gasteiger partial charge in [-0.25, -0.2) is 4.79 Å². The fourth-order valence-corrected chi connectivity index (χ4v) is 3.06. The summed E-state index contributed by atoms with van der Waals surface area (Å²) in [5.74, 6) is 0.735. The number of carbonyl (C=O) groups excluding carboxylic acids is 3. The van der Waals surface area contributed by atoms with Gasteiger partial charge in [-0.1, -0.05) is 18.2 Å². The van der Waals surface area contributed by atoms with Crippen LogP contribution in [0, 0.1) is 6.92 Å². The second-order valence-corrected chi connectivity index (χ2v) is 8.33. The van der Waals surface area contributed by atoms with Gasteiger partial charge in [-0.2, -0.15) is 0 Å². The molecule has 1 fully saturated rings. The maximum Gasteiger partial charge on any atom is 0.408 e. The van der Waals surface area contributed by atoms with Crippen molar-refractivity contribution < 1.29 is 23.9 Å². The van der Waals surface area contributed by atoms with Crippen LogP contribution in [0.1, 0.15) is 39.2 Å². The molecule has 30 heavy (non-hydrogen) atoms. The summed E-state index contributed by atoms with van der Waals surface area (Å²) >= 11 is 0. The molecule has 8 heteroatoms. The molecule has 3 amide bonds. The molecule has 0 aliphatic carbocycles. The molecule has 1 aliphatic rings. The number of carbonyl (C=O) groups is 3. The Balaban J connectivity index is 1.63. The zero-order chi connectivity index (χ0) is 22.1. The molecule has 1 aromatic carbocycles. The van der Waals surface area contributed by atoms with Crippen LogP contribution < -0.4 is 10.1 Å². The first-order valence-electron chi connectivity index (χ1n) is 10.4. The van der Waals surface area contributed by atoms with E-state index >= 15 is 0 Å². The van der Waals surface area contributed by atoms with Crippen molar-refractivity contribution in [2.75, 3.05) is 39.3 Å². The second kappa shape index (κ2) is 10.8. The number of nitrogens with one attached hydrogen (secondary N) is 1. The third kappa shape index (κ3) is 7.93. The smallest absolute Gasteiger partial charge is 0.408 e. The Hall–Kier alpha value is -2.77. The lowest BCUT2D eigenvalue weighted by atomic mass is 10.2. The SMILES string of the molecule is Cc1ccccc1OCCCC(=O)N1CCN(C(=O)CNC(=O)OC(C)(C)C)CC1. The van der Waals surface area contributed by atoms with E-state index in [1.165, 1.54) is 0 Å². The molecular weight excluding hydrogens is 386 g/mol. The molecule has 1 aromatic rings. The monoisotopic (exact) mass is 419 g/mol. The van der Waals surface area contributed by atoms with E-state index in [-0.39, 0.29) is 18.4 Å². The highest BCUT2D eigenvalue weighted by Gasteiger charge is 2.24. The van der Waals surface area contributed by atoms with E-state index in [0.29, 0.717) is 45.6 Å². The summed E-state index contributed by atoms with van der Waals surface area (Å²) in [7, 11) is 0. The Labute approximate surface area is 178 Å². The van der Waals surface area contributed by atoms with E-state index in [1.807, 2.05) is 31.2 Å². The Bertz CT molecular complexity index is 737. The van der Waals surface area contributed by atoms with Gasteiger partial charge in [0, 0.05) is 32.6 Å². The van der Waals surface area contributed by atoms with Crippen LogP contribution >= 0.6 is 0 Å². The summed E-state index contributed by atoms with van der Waals surface area (Å²) in [6.45, 7) is 9.57. The Morgan fingerprint density at radius 1 is 1.00 bits per heavy atom. The van der Waals surface area contributed by atoms with Crippen molar-refractivity contribution in [3.63, 3.8) is 0 Å². The molecule has 8 nitrogen and oxygen atoms in total. The number of alkyl carbamates (subject to hydrolysis) is 1. The molecule has 1 saturated heterocycles. The topological polar surface area (TPSA) is 88.2 Å². The summed E-state index contributed by atoms with van der Waals surface area (Å²) in [5, 5.41) is 2.48. The second-order valence-electron chi connectivity index (χ2n) is 8.33. The van der Waals surface area contributed by atoms with Crippen LogP contribution in [0.2, 0.25) is 0 Å². The number of hydrogen-bond acceptors (Lipinski definition) is 5. The number of aryl methyl sites for hydroxylation is 1. The van der Waals surface area contributed by atoms with E-state index in [9.17, 15) is 14.4 Å². The number of nitrogens with zero attached hydrogens (tertiary/aromatic N) is 2. The zero-order valence-electron chi connectivity index (χ0n) is 18.4. The highest BCUT2D eigenvalue weighted by atomic mass is 16.6. The highest BCUT2D eigenvalue weighted by Crippen LogP contribution is 2.16. The average Bonchev–Trinajstić information content (AvgIpc) is 2.69. The molecule has 0 unspecified atom stereocenters. The van der Waals surface area contributed by atoms with Crippen molar-refractivity contribution in [3.8, 4) is 5.75 Å². The molecule has 0 aromatic heterocycles. The quantitative estimate of drug-likeness (QED) is 0.686. The van der Waals surface area contributed by atoms with Gasteiger partial charge in [-0.3, -0.25) is 9.59 Å². The molecular formula is C22H33N3O5. The van der Waals surface area contributed by atoms with E-state index in [0.717, 1.165) is 11.3 Å². The molecule has 0 saturated carbocycles.